The summed E-state index contributed by atoms with van der Waals surface area (Å²) in [6.07, 6.45) is 7.72. The van der Waals surface area contributed by atoms with Gasteiger partial charge in [0.1, 0.15) is 5.75 Å². The van der Waals surface area contributed by atoms with Crippen molar-refractivity contribution in [3.05, 3.63) is 29.3 Å². The number of nitrogens with zero attached hydrogens (tertiary/aromatic N) is 2. The highest BCUT2D eigenvalue weighted by Gasteiger charge is 2.39. The van der Waals surface area contributed by atoms with Crippen LogP contribution in [0.5, 0.6) is 5.75 Å². The van der Waals surface area contributed by atoms with Gasteiger partial charge in [-0.3, -0.25) is 4.90 Å². The first-order valence-corrected chi connectivity index (χ1v) is 9.10. The fraction of sp³-hybridized carbons (Fsp3) is 0.684. The third kappa shape index (κ3) is 2.65. The number of benzene rings is 1. The predicted molar refractivity (Wildman–Crippen MR) is 89.4 cm³/mol. The maximum atomic E-state index is 10.1. The number of phenolic OH excluding ortho intramolecular Hbond substituents is 1. The lowest BCUT2D eigenvalue weighted by Gasteiger charge is -2.35. The molecule has 0 spiro atoms. The van der Waals surface area contributed by atoms with E-state index in [-0.39, 0.29) is 0 Å². The van der Waals surface area contributed by atoms with Gasteiger partial charge in [-0.2, -0.15) is 0 Å². The fourth-order valence-corrected chi connectivity index (χ4v) is 4.90. The Morgan fingerprint density at radius 2 is 1.86 bits per heavy atom. The number of piperidine rings is 1. The van der Waals surface area contributed by atoms with Crippen LogP contribution in [0.25, 0.3) is 0 Å². The van der Waals surface area contributed by atoms with E-state index < -0.39 is 0 Å². The molecule has 1 aromatic rings. The topological polar surface area (TPSA) is 26.7 Å². The summed E-state index contributed by atoms with van der Waals surface area (Å²) in [5, 5.41) is 10.1. The first-order chi connectivity index (χ1) is 10.8. The number of likely N-dealkylation sites (tertiary alicyclic amines) is 2. The van der Waals surface area contributed by atoms with E-state index in [0.29, 0.717) is 17.7 Å². The Balaban J connectivity index is 1.42. The molecular weight excluding hydrogens is 272 g/mol. The molecule has 3 nitrogen and oxygen atoms in total. The first-order valence-electron chi connectivity index (χ1n) is 9.10. The molecular formula is C19H28N2O. The zero-order valence-corrected chi connectivity index (χ0v) is 13.5. The molecule has 0 saturated carbocycles. The molecule has 2 fully saturated rings. The summed E-state index contributed by atoms with van der Waals surface area (Å²) in [6.45, 7) is 6.32. The molecule has 2 heterocycles. The van der Waals surface area contributed by atoms with Gasteiger partial charge in [-0.1, -0.05) is 18.6 Å². The molecule has 0 bridgehead atoms. The van der Waals surface area contributed by atoms with Crippen LogP contribution >= 0.6 is 0 Å². The minimum atomic E-state index is 0.516. The van der Waals surface area contributed by atoms with Crippen LogP contribution in [0.15, 0.2) is 18.2 Å². The summed E-state index contributed by atoms with van der Waals surface area (Å²) < 4.78 is 0. The van der Waals surface area contributed by atoms with Crippen molar-refractivity contribution in [2.75, 3.05) is 32.7 Å². The van der Waals surface area contributed by atoms with Crippen molar-refractivity contribution in [1.29, 1.82) is 0 Å². The second-order valence-electron chi connectivity index (χ2n) is 7.28. The predicted octanol–water partition coefficient (Wildman–Crippen LogP) is 2.98. The van der Waals surface area contributed by atoms with E-state index in [2.05, 4.69) is 15.9 Å². The average Bonchev–Trinajstić information content (AvgIpc) is 2.98. The highest BCUT2D eigenvalue weighted by Crippen LogP contribution is 2.43. The number of rotatable bonds is 3. The van der Waals surface area contributed by atoms with Gasteiger partial charge in [0.15, 0.2) is 0 Å². The third-order valence-corrected chi connectivity index (χ3v) is 6.09. The van der Waals surface area contributed by atoms with Crippen LogP contribution in [0, 0.1) is 0 Å². The Morgan fingerprint density at radius 1 is 1.00 bits per heavy atom. The van der Waals surface area contributed by atoms with Crippen LogP contribution in [0.1, 0.15) is 49.1 Å². The normalized spacial score (nSPS) is 29.3. The summed E-state index contributed by atoms with van der Waals surface area (Å²) in [4.78, 5) is 5.38. The molecule has 2 aliphatic heterocycles. The van der Waals surface area contributed by atoms with Crippen LogP contribution in [-0.2, 0) is 6.42 Å². The molecule has 0 amide bonds. The van der Waals surface area contributed by atoms with E-state index in [1.54, 1.807) is 0 Å². The highest BCUT2D eigenvalue weighted by atomic mass is 16.3. The van der Waals surface area contributed by atoms with E-state index >= 15 is 0 Å². The number of hydrogen-bond donors (Lipinski definition) is 1. The Hall–Kier alpha value is -1.06. The highest BCUT2D eigenvalue weighted by molar-refractivity contribution is 5.44. The quantitative estimate of drug-likeness (QED) is 0.929. The van der Waals surface area contributed by atoms with Crippen molar-refractivity contribution in [3.8, 4) is 5.75 Å². The largest absolute Gasteiger partial charge is 0.508 e. The molecule has 1 aliphatic carbocycles. The summed E-state index contributed by atoms with van der Waals surface area (Å²) in [5.41, 5.74) is 2.65. The van der Waals surface area contributed by atoms with Crippen molar-refractivity contribution in [2.45, 2.75) is 50.5 Å². The maximum absolute atomic E-state index is 10.1. The van der Waals surface area contributed by atoms with Gasteiger partial charge in [-0.15, -0.1) is 0 Å². The van der Waals surface area contributed by atoms with Crippen LogP contribution in [0.2, 0.25) is 0 Å². The summed E-state index contributed by atoms with van der Waals surface area (Å²) in [6, 6.07) is 6.83. The van der Waals surface area contributed by atoms with Crippen molar-refractivity contribution >= 4 is 0 Å². The van der Waals surface area contributed by atoms with E-state index in [1.165, 1.54) is 76.0 Å². The molecule has 0 radical (unpaired) electrons. The molecule has 3 aliphatic rings. The van der Waals surface area contributed by atoms with E-state index in [9.17, 15) is 5.11 Å². The molecule has 4 rings (SSSR count). The lowest BCUT2D eigenvalue weighted by Crippen LogP contribution is -2.41. The first kappa shape index (κ1) is 14.5. The lowest BCUT2D eigenvalue weighted by atomic mass is 9.79. The Bertz CT molecular complexity index is 524. The molecule has 2 saturated heterocycles. The summed E-state index contributed by atoms with van der Waals surface area (Å²) >= 11 is 0. The SMILES string of the molecule is Oc1cccc2c1CC[C@@H]1[C@H]2CCN1CCN1CCCCC1. The molecule has 1 aromatic carbocycles. The van der Waals surface area contributed by atoms with Gasteiger partial charge >= 0.3 is 0 Å². The van der Waals surface area contributed by atoms with Gasteiger partial charge in [0, 0.05) is 25.0 Å². The molecule has 0 unspecified atom stereocenters. The summed E-state index contributed by atoms with van der Waals surface area (Å²) in [5.74, 6) is 1.17. The fourth-order valence-electron chi connectivity index (χ4n) is 4.90. The second kappa shape index (κ2) is 6.21. The van der Waals surface area contributed by atoms with Gasteiger partial charge in [0.25, 0.3) is 0 Å². The second-order valence-corrected chi connectivity index (χ2v) is 7.28. The van der Waals surface area contributed by atoms with Crippen molar-refractivity contribution in [3.63, 3.8) is 0 Å². The van der Waals surface area contributed by atoms with Crippen molar-refractivity contribution in [1.82, 2.24) is 9.80 Å². The third-order valence-electron chi connectivity index (χ3n) is 6.09. The monoisotopic (exact) mass is 300 g/mol. The van der Waals surface area contributed by atoms with Crippen molar-refractivity contribution < 1.29 is 5.11 Å². The van der Waals surface area contributed by atoms with Gasteiger partial charge in [-0.25, -0.2) is 0 Å². The summed E-state index contributed by atoms with van der Waals surface area (Å²) in [7, 11) is 0. The van der Waals surface area contributed by atoms with E-state index in [1.807, 2.05) is 12.1 Å². The van der Waals surface area contributed by atoms with E-state index in [0.717, 1.165) is 6.42 Å². The number of fused-ring (bicyclic) bond motifs is 3. The van der Waals surface area contributed by atoms with Gasteiger partial charge in [0.2, 0.25) is 0 Å². The molecule has 22 heavy (non-hydrogen) atoms. The Labute approximate surface area is 133 Å². The van der Waals surface area contributed by atoms with Crippen LogP contribution in [0.4, 0.5) is 0 Å². The van der Waals surface area contributed by atoms with Crippen LogP contribution in [-0.4, -0.2) is 53.7 Å². The smallest absolute Gasteiger partial charge is 0.119 e. The Morgan fingerprint density at radius 3 is 2.73 bits per heavy atom. The van der Waals surface area contributed by atoms with Gasteiger partial charge in [-0.05, 0) is 68.9 Å². The lowest BCUT2D eigenvalue weighted by molar-refractivity contribution is 0.164. The minimum absolute atomic E-state index is 0.516. The van der Waals surface area contributed by atoms with E-state index in [4.69, 9.17) is 0 Å². The molecule has 120 valence electrons. The Kier molecular flexibility index (Phi) is 4.10. The maximum Gasteiger partial charge on any atom is 0.119 e. The number of aromatic hydroxyl groups is 1. The van der Waals surface area contributed by atoms with Crippen LogP contribution < -0.4 is 0 Å². The molecule has 3 heteroatoms. The average molecular weight is 300 g/mol. The molecule has 2 atom stereocenters. The van der Waals surface area contributed by atoms with Gasteiger partial charge in [0.05, 0.1) is 0 Å². The van der Waals surface area contributed by atoms with Crippen molar-refractivity contribution in [2.24, 2.45) is 0 Å². The number of hydrogen-bond acceptors (Lipinski definition) is 3. The minimum Gasteiger partial charge on any atom is -0.508 e. The van der Waals surface area contributed by atoms with Crippen LogP contribution in [0.3, 0.4) is 0 Å². The number of phenols is 1. The molecule has 1 N–H and O–H groups in total. The molecule has 0 aromatic heterocycles. The zero-order valence-electron chi connectivity index (χ0n) is 13.5. The zero-order chi connectivity index (χ0) is 14.9. The van der Waals surface area contributed by atoms with Gasteiger partial charge < -0.3 is 10.0 Å². The standard InChI is InChI=1S/C19H28N2O/c22-19-6-4-5-15-16-9-12-21(18(16)8-7-17(15)19)14-13-20-10-2-1-3-11-20/h4-6,16,18,22H,1-3,7-14H2/t16-,18+/m0/s1.